The second kappa shape index (κ2) is 16.2. The highest BCUT2D eigenvalue weighted by atomic mass is 32.2. The summed E-state index contributed by atoms with van der Waals surface area (Å²) in [6.45, 7) is 0. The SMILES string of the molecule is COC(=O)c1c(NC(=O)CSc2cccc(NC(=O)/C(=C/c3ccccc3F)NC(=O)c3ccccc3)c2)sc2c1CCCCCC2. The molecule has 1 aliphatic carbocycles. The molecule has 0 bridgehead atoms. The largest absolute Gasteiger partial charge is 0.465 e. The number of rotatable bonds is 10. The van der Waals surface area contributed by atoms with Crippen molar-refractivity contribution in [3.63, 3.8) is 0 Å². The molecule has 0 spiro atoms. The number of carbonyl (C=O) groups is 4. The van der Waals surface area contributed by atoms with E-state index in [1.54, 1.807) is 60.7 Å². The molecule has 0 saturated carbocycles. The Labute approximate surface area is 280 Å². The van der Waals surface area contributed by atoms with Gasteiger partial charge in [0.1, 0.15) is 16.5 Å². The molecule has 3 aromatic carbocycles. The van der Waals surface area contributed by atoms with Crippen LogP contribution in [0.2, 0.25) is 0 Å². The van der Waals surface area contributed by atoms with Crippen molar-refractivity contribution in [2.45, 2.75) is 43.4 Å². The Morgan fingerprint density at radius 2 is 1.64 bits per heavy atom. The van der Waals surface area contributed by atoms with Gasteiger partial charge >= 0.3 is 5.97 Å². The summed E-state index contributed by atoms with van der Waals surface area (Å²) in [7, 11) is 1.35. The summed E-state index contributed by atoms with van der Waals surface area (Å²) in [5.74, 6) is -2.38. The zero-order valence-corrected chi connectivity index (χ0v) is 27.4. The van der Waals surface area contributed by atoms with Gasteiger partial charge in [0.2, 0.25) is 5.91 Å². The molecule has 0 atom stereocenters. The number of halogens is 1. The number of carbonyl (C=O) groups excluding carboxylic acids is 4. The Morgan fingerprint density at radius 3 is 2.40 bits per heavy atom. The van der Waals surface area contributed by atoms with E-state index in [0.717, 1.165) is 49.0 Å². The summed E-state index contributed by atoms with van der Waals surface area (Å²) in [6.07, 6.45) is 7.23. The number of anilines is 2. The van der Waals surface area contributed by atoms with Crippen LogP contribution in [0.3, 0.4) is 0 Å². The van der Waals surface area contributed by atoms with Crippen LogP contribution in [0.15, 0.2) is 89.5 Å². The molecule has 3 N–H and O–H groups in total. The van der Waals surface area contributed by atoms with Crippen molar-refractivity contribution in [2.75, 3.05) is 23.5 Å². The molecule has 1 aromatic heterocycles. The number of thiophene rings is 1. The smallest absolute Gasteiger partial charge is 0.341 e. The van der Waals surface area contributed by atoms with Gasteiger partial charge in [-0.25, -0.2) is 9.18 Å². The lowest BCUT2D eigenvalue weighted by atomic mass is 9.96. The van der Waals surface area contributed by atoms with E-state index in [4.69, 9.17) is 4.74 Å². The summed E-state index contributed by atoms with van der Waals surface area (Å²) in [4.78, 5) is 53.9. The van der Waals surface area contributed by atoms with Crippen molar-refractivity contribution in [1.29, 1.82) is 0 Å². The Kier molecular flexibility index (Phi) is 11.6. The molecule has 0 radical (unpaired) electrons. The van der Waals surface area contributed by atoms with Gasteiger partial charge in [-0.3, -0.25) is 14.4 Å². The summed E-state index contributed by atoms with van der Waals surface area (Å²) in [5, 5.41) is 8.81. The number of fused-ring (bicyclic) bond motifs is 1. The first-order valence-corrected chi connectivity index (χ1v) is 17.0. The number of esters is 1. The topological polar surface area (TPSA) is 114 Å². The maximum absolute atomic E-state index is 14.5. The fourth-order valence-corrected chi connectivity index (χ4v) is 7.24. The van der Waals surface area contributed by atoms with Gasteiger partial charge in [-0.1, -0.05) is 55.3 Å². The molecule has 3 amide bonds. The molecular formula is C36H34FN3O5S2. The third-order valence-corrected chi connectivity index (χ3v) is 9.71. The predicted molar refractivity (Wildman–Crippen MR) is 184 cm³/mol. The number of amides is 3. The molecule has 11 heteroatoms. The number of hydrogen-bond donors (Lipinski definition) is 3. The number of benzene rings is 3. The number of ether oxygens (including phenoxy) is 1. The van der Waals surface area contributed by atoms with Crippen molar-refractivity contribution < 1.29 is 28.3 Å². The molecule has 4 aromatic rings. The summed E-state index contributed by atoms with van der Waals surface area (Å²) in [5.41, 5.74) is 2.18. The molecule has 8 nitrogen and oxygen atoms in total. The van der Waals surface area contributed by atoms with Crippen LogP contribution in [0.4, 0.5) is 15.1 Å². The van der Waals surface area contributed by atoms with Crippen LogP contribution in [-0.2, 0) is 27.2 Å². The zero-order chi connectivity index (χ0) is 33.2. The lowest BCUT2D eigenvalue weighted by Gasteiger charge is -2.12. The Hall–Kier alpha value is -4.74. The molecule has 0 saturated heterocycles. The average Bonchev–Trinajstić information content (AvgIpc) is 3.39. The van der Waals surface area contributed by atoms with Gasteiger partial charge in [0, 0.05) is 26.6 Å². The van der Waals surface area contributed by atoms with Crippen molar-refractivity contribution in [3.8, 4) is 0 Å². The van der Waals surface area contributed by atoms with Crippen molar-refractivity contribution in [3.05, 3.63) is 118 Å². The van der Waals surface area contributed by atoms with Gasteiger partial charge < -0.3 is 20.7 Å². The monoisotopic (exact) mass is 671 g/mol. The Balaban J connectivity index is 1.27. The van der Waals surface area contributed by atoms with E-state index >= 15 is 0 Å². The van der Waals surface area contributed by atoms with E-state index in [1.807, 2.05) is 0 Å². The summed E-state index contributed by atoms with van der Waals surface area (Å²) in [6, 6.07) is 21.2. The minimum Gasteiger partial charge on any atom is -0.465 e. The minimum absolute atomic E-state index is 0.0617. The van der Waals surface area contributed by atoms with Gasteiger partial charge in [0.15, 0.2) is 0 Å². The van der Waals surface area contributed by atoms with Crippen molar-refractivity contribution in [1.82, 2.24) is 5.32 Å². The Morgan fingerprint density at radius 1 is 0.894 bits per heavy atom. The molecule has 1 heterocycles. The predicted octanol–water partition coefficient (Wildman–Crippen LogP) is 7.47. The number of hydrogen-bond acceptors (Lipinski definition) is 7. The van der Waals surface area contributed by atoms with E-state index in [0.29, 0.717) is 26.7 Å². The van der Waals surface area contributed by atoms with Crippen LogP contribution in [0.5, 0.6) is 0 Å². The second-order valence-corrected chi connectivity index (χ2v) is 13.0. The average molecular weight is 672 g/mol. The minimum atomic E-state index is -0.652. The van der Waals surface area contributed by atoms with Gasteiger partial charge in [-0.2, -0.15) is 0 Å². The lowest BCUT2D eigenvalue weighted by Crippen LogP contribution is -2.30. The van der Waals surface area contributed by atoms with E-state index < -0.39 is 23.6 Å². The van der Waals surface area contributed by atoms with Crippen molar-refractivity contribution in [2.24, 2.45) is 0 Å². The first kappa shape index (κ1) is 33.6. The molecule has 47 heavy (non-hydrogen) atoms. The quantitative estimate of drug-likeness (QED) is 0.0916. The molecular weight excluding hydrogens is 638 g/mol. The van der Waals surface area contributed by atoms with Crippen LogP contribution in [-0.4, -0.2) is 36.6 Å². The standard InChI is InChI=1S/C36H34FN3O5S2/c1-45-36(44)32-27-17-7-2-3-8-19-30(27)47-35(32)40-31(41)22-46-26-16-11-15-25(21-26)38-34(43)29(20-24-14-9-10-18-28(24)37)39-33(42)23-12-5-4-6-13-23/h4-6,9-16,18,20-21H,2-3,7-8,17,19,22H2,1H3,(H,38,43)(H,39,42)(H,40,41)/b29-20-. The maximum Gasteiger partial charge on any atom is 0.341 e. The Bertz CT molecular complexity index is 1810. The highest BCUT2D eigenvalue weighted by Crippen LogP contribution is 2.37. The van der Waals surface area contributed by atoms with Crippen LogP contribution in [0, 0.1) is 5.82 Å². The first-order chi connectivity index (χ1) is 22.8. The summed E-state index contributed by atoms with van der Waals surface area (Å²) >= 11 is 2.71. The molecule has 242 valence electrons. The van der Waals surface area contributed by atoms with Crippen LogP contribution in [0.1, 0.15) is 62.4 Å². The fraction of sp³-hybridized carbons (Fsp3) is 0.222. The molecule has 0 fully saturated rings. The van der Waals surface area contributed by atoms with E-state index in [2.05, 4.69) is 16.0 Å². The lowest BCUT2D eigenvalue weighted by molar-refractivity contribution is -0.114. The molecule has 0 aliphatic heterocycles. The molecule has 0 unspecified atom stereocenters. The zero-order valence-electron chi connectivity index (χ0n) is 25.8. The number of aryl methyl sites for hydroxylation is 1. The normalized spacial score (nSPS) is 13.0. The van der Waals surface area contributed by atoms with Gasteiger partial charge in [-0.15, -0.1) is 23.1 Å². The van der Waals surface area contributed by atoms with Crippen LogP contribution >= 0.6 is 23.1 Å². The summed E-state index contributed by atoms with van der Waals surface area (Å²) < 4.78 is 19.5. The number of thioether (sulfide) groups is 1. The van der Waals surface area contributed by atoms with Gasteiger partial charge in [0.05, 0.1) is 18.4 Å². The number of nitrogens with one attached hydrogen (secondary N) is 3. The van der Waals surface area contributed by atoms with Gasteiger partial charge in [0.25, 0.3) is 11.8 Å². The highest BCUT2D eigenvalue weighted by Gasteiger charge is 2.26. The third-order valence-electron chi connectivity index (χ3n) is 7.51. The van der Waals surface area contributed by atoms with Crippen LogP contribution < -0.4 is 16.0 Å². The van der Waals surface area contributed by atoms with Gasteiger partial charge in [-0.05, 0) is 73.7 Å². The first-order valence-electron chi connectivity index (χ1n) is 15.2. The van der Waals surface area contributed by atoms with E-state index in [1.165, 1.54) is 54.5 Å². The van der Waals surface area contributed by atoms with Crippen LogP contribution in [0.25, 0.3) is 6.08 Å². The second-order valence-electron chi connectivity index (χ2n) is 10.8. The highest BCUT2D eigenvalue weighted by molar-refractivity contribution is 8.00. The van der Waals surface area contributed by atoms with Crippen molar-refractivity contribution >= 4 is 63.6 Å². The van der Waals surface area contributed by atoms with E-state index in [-0.39, 0.29) is 22.9 Å². The maximum atomic E-state index is 14.5. The van der Waals surface area contributed by atoms with E-state index in [9.17, 15) is 23.6 Å². The number of methoxy groups -OCH3 is 1. The molecule has 5 rings (SSSR count). The third kappa shape index (κ3) is 8.96. The molecule has 1 aliphatic rings. The fourth-order valence-electron chi connectivity index (χ4n) is 5.19.